The van der Waals surface area contributed by atoms with Crippen LogP contribution in [0.2, 0.25) is 0 Å². The van der Waals surface area contributed by atoms with Crippen molar-refractivity contribution in [2.45, 2.75) is 38.0 Å². The highest BCUT2D eigenvalue weighted by atomic mass is 35.5. The predicted molar refractivity (Wildman–Crippen MR) is 115 cm³/mol. The number of ether oxygens (including phenoxy) is 3. The van der Waals surface area contributed by atoms with Gasteiger partial charge >= 0.3 is 5.97 Å². The maximum absolute atomic E-state index is 15.5. The average molecular weight is 473 g/mol. The SMILES string of the molecule is CC[C@@]1(O)C(=O)OCc2c1cc1n(c2=O)Cc2c-1nc1cc3c(c(F)c1c2CCl)OCCO3. The lowest BCUT2D eigenvalue weighted by Crippen LogP contribution is -2.44. The molecule has 8 nitrogen and oxygen atoms in total. The first-order valence-electron chi connectivity index (χ1n) is 10.6. The van der Waals surface area contributed by atoms with Gasteiger partial charge in [-0.05, 0) is 18.1 Å². The summed E-state index contributed by atoms with van der Waals surface area (Å²) in [6.45, 7) is 2.08. The average Bonchev–Trinajstić information content (AvgIpc) is 3.19. The van der Waals surface area contributed by atoms with Crippen molar-refractivity contribution in [2.24, 2.45) is 0 Å². The molecule has 0 aliphatic carbocycles. The van der Waals surface area contributed by atoms with Crippen LogP contribution in [0.3, 0.4) is 0 Å². The predicted octanol–water partition coefficient (Wildman–Crippen LogP) is 2.73. The van der Waals surface area contributed by atoms with E-state index in [-0.39, 0.29) is 60.1 Å². The number of benzene rings is 1. The normalized spacial score (nSPS) is 20.3. The van der Waals surface area contributed by atoms with Crippen molar-refractivity contribution in [1.29, 1.82) is 0 Å². The summed E-state index contributed by atoms with van der Waals surface area (Å²) in [5.74, 6) is -1.13. The highest BCUT2D eigenvalue weighted by Crippen LogP contribution is 2.44. The van der Waals surface area contributed by atoms with Gasteiger partial charge in [-0.25, -0.2) is 14.2 Å². The van der Waals surface area contributed by atoms with Gasteiger partial charge in [0.1, 0.15) is 19.8 Å². The number of fused-ring (bicyclic) bond motifs is 6. The number of aromatic nitrogens is 2. The van der Waals surface area contributed by atoms with E-state index in [0.29, 0.717) is 34.6 Å². The van der Waals surface area contributed by atoms with Crippen molar-refractivity contribution in [3.8, 4) is 22.9 Å². The van der Waals surface area contributed by atoms with E-state index < -0.39 is 22.9 Å². The van der Waals surface area contributed by atoms with Gasteiger partial charge in [-0.3, -0.25) is 4.79 Å². The molecule has 1 atom stereocenters. The first-order chi connectivity index (χ1) is 15.9. The van der Waals surface area contributed by atoms with E-state index in [9.17, 15) is 14.7 Å². The standard InChI is InChI=1S/C23H18ClFN2O6/c1-2-23(30)13-5-15-19-11(8-27(15)21(28)12(13)9-33-22(23)29)10(7-24)17-14(26-19)6-16-20(18(17)25)32-4-3-31-16/h5-6,30H,2-4,7-9H2,1H3/t23-/m0/s1. The minimum absolute atomic E-state index is 0.0130. The van der Waals surface area contributed by atoms with Crippen LogP contribution in [0.5, 0.6) is 11.5 Å². The Morgan fingerprint density at radius 1 is 1.21 bits per heavy atom. The molecule has 6 rings (SSSR count). The number of pyridine rings is 2. The smallest absolute Gasteiger partial charge is 0.343 e. The van der Waals surface area contributed by atoms with Crippen molar-refractivity contribution in [3.05, 3.63) is 50.6 Å². The number of alkyl halides is 1. The zero-order valence-corrected chi connectivity index (χ0v) is 18.3. The number of esters is 1. The molecule has 0 fully saturated rings. The number of carbonyl (C=O) groups excluding carboxylic acids is 1. The lowest BCUT2D eigenvalue weighted by atomic mass is 9.86. The van der Waals surface area contributed by atoms with Gasteiger partial charge in [0.2, 0.25) is 0 Å². The zero-order valence-electron chi connectivity index (χ0n) is 17.5. The minimum atomic E-state index is -1.92. The number of halogens is 2. The number of aliphatic hydroxyl groups is 1. The lowest BCUT2D eigenvalue weighted by molar-refractivity contribution is -0.172. The molecule has 2 aromatic heterocycles. The van der Waals surface area contributed by atoms with Crippen LogP contribution in [0.4, 0.5) is 4.39 Å². The molecule has 0 radical (unpaired) electrons. The first kappa shape index (κ1) is 20.4. The maximum Gasteiger partial charge on any atom is 0.343 e. The van der Waals surface area contributed by atoms with Crippen molar-refractivity contribution in [2.75, 3.05) is 13.2 Å². The van der Waals surface area contributed by atoms with E-state index >= 15 is 4.39 Å². The highest BCUT2D eigenvalue weighted by Gasteiger charge is 2.45. The Bertz CT molecular complexity index is 1450. The molecule has 0 saturated carbocycles. The molecule has 10 heteroatoms. The number of hydrogen-bond acceptors (Lipinski definition) is 7. The Morgan fingerprint density at radius 2 is 2.00 bits per heavy atom. The Morgan fingerprint density at radius 3 is 2.76 bits per heavy atom. The second-order valence-corrected chi connectivity index (χ2v) is 8.53. The molecule has 33 heavy (non-hydrogen) atoms. The quantitative estimate of drug-likeness (QED) is 0.353. The van der Waals surface area contributed by atoms with Crippen LogP contribution in [0.25, 0.3) is 22.3 Å². The number of rotatable bonds is 2. The molecule has 1 N–H and O–H groups in total. The summed E-state index contributed by atoms with van der Waals surface area (Å²) in [6, 6.07) is 3.21. The molecular formula is C23H18ClFN2O6. The lowest BCUT2D eigenvalue weighted by Gasteiger charge is -2.31. The summed E-state index contributed by atoms with van der Waals surface area (Å²) >= 11 is 6.28. The van der Waals surface area contributed by atoms with Gasteiger partial charge in [-0.2, -0.15) is 0 Å². The second kappa shape index (κ2) is 6.91. The van der Waals surface area contributed by atoms with E-state index in [4.69, 9.17) is 25.8 Å². The van der Waals surface area contributed by atoms with Gasteiger partial charge in [0.05, 0.1) is 29.0 Å². The third kappa shape index (κ3) is 2.57. The van der Waals surface area contributed by atoms with E-state index in [1.807, 2.05) is 0 Å². The highest BCUT2D eigenvalue weighted by molar-refractivity contribution is 6.18. The maximum atomic E-state index is 15.5. The van der Waals surface area contributed by atoms with E-state index in [1.54, 1.807) is 19.1 Å². The van der Waals surface area contributed by atoms with Crippen LogP contribution < -0.4 is 15.0 Å². The van der Waals surface area contributed by atoms with Crippen LogP contribution in [0.15, 0.2) is 16.9 Å². The first-order valence-corrected chi connectivity index (χ1v) is 11.1. The van der Waals surface area contributed by atoms with Gasteiger partial charge < -0.3 is 23.9 Å². The summed E-state index contributed by atoms with van der Waals surface area (Å²) in [6.07, 6.45) is 0.0430. The van der Waals surface area contributed by atoms with Gasteiger partial charge in [0, 0.05) is 28.5 Å². The zero-order chi connectivity index (χ0) is 23.1. The topological polar surface area (TPSA) is 99.9 Å². The number of carbonyl (C=O) groups is 1. The molecule has 5 heterocycles. The molecule has 0 spiro atoms. The largest absolute Gasteiger partial charge is 0.486 e. The fraction of sp³-hybridized carbons (Fsp3) is 0.348. The molecule has 3 aromatic rings. The van der Waals surface area contributed by atoms with Gasteiger partial charge in [0.15, 0.2) is 22.9 Å². The summed E-state index contributed by atoms with van der Waals surface area (Å²) in [5, 5.41) is 11.2. The number of cyclic esters (lactones) is 1. The molecule has 3 aliphatic heterocycles. The van der Waals surface area contributed by atoms with Crippen LogP contribution in [-0.4, -0.2) is 33.8 Å². The van der Waals surface area contributed by atoms with Crippen molar-refractivity contribution in [3.63, 3.8) is 0 Å². The molecule has 3 aliphatic rings. The third-order valence-corrected chi connectivity index (χ3v) is 6.94. The van der Waals surface area contributed by atoms with Crippen LogP contribution >= 0.6 is 11.6 Å². The molecule has 0 saturated heterocycles. The fourth-order valence-electron chi connectivity index (χ4n) is 4.93. The summed E-state index contributed by atoms with van der Waals surface area (Å²) in [7, 11) is 0. The second-order valence-electron chi connectivity index (χ2n) is 8.26. The Labute approximate surface area is 191 Å². The van der Waals surface area contributed by atoms with Crippen molar-refractivity contribution in [1.82, 2.24) is 9.55 Å². The fourth-order valence-corrected chi connectivity index (χ4v) is 5.23. The van der Waals surface area contributed by atoms with E-state index in [2.05, 4.69) is 4.98 Å². The number of hydrogen-bond donors (Lipinski definition) is 1. The number of nitrogens with zero attached hydrogens (tertiary/aromatic N) is 2. The van der Waals surface area contributed by atoms with Crippen molar-refractivity contribution < 1.29 is 28.5 Å². The summed E-state index contributed by atoms with van der Waals surface area (Å²) in [4.78, 5) is 30.3. The third-order valence-electron chi connectivity index (χ3n) is 6.67. The van der Waals surface area contributed by atoms with E-state index in [0.717, 1.165) is 0 Å². The Kier molecular flexibility index (Phi) is 4.28. The van der Waals surface area contributed by atoms with Crippen LogP contribution in [0, 0.1) is 5.82 Å². The summed E-state index contributed by atoms with van der Waals surface area (Å²) in [5.41, 5.74) is 0.429. The van der Waals surface area contributed by atoms with Crippen molar-refractivity contribution >= 4 is 28.5 Å². The van der Waals surface area contributed by atoms with Gasteiger partial charge in [0.25, 0.3) is 5.56 Å². The van der Waals surface area contributed by atoms with Crippen LogP contribution in [0.1, 0.15) is 35.6 Å². The molecule has 0 unspecified atom stereocenters. The monoisotopic (exact) mass is 472 g/mol. The molecule has 0 amide bonds. The molecule has 1 aromatic carbocycles. The van der Waals surface area contributed by atoms with Crippen LogP contribution in [-0.2, 0) is 34.2 Å². The molecular weight excluding hydrogens is 455 g/mol. The van der Waals surface area contributed by atoms with E-state index in [1.165, 1.54) is 4.57 Å². The van der Waals surface area contributed by atoms with Gasteiger partial charge in [-0.15, -0.1) is 11.6 Å². The molecule has 170 valence electrons. The van der Waals surface area contributed by atoms with Gasteiger partial charge in [-0.1, -0.05) is 6.92 Å². The minimum Gasteiger partial charge on any atom is -0.486 e. The Balaban J connectivity index is 1.66. The molecule has 0 bridgehead atoms. The Hall–Kier alpha value is -3.17. The summed E-state index contributed by atoms with van der Waals surface area (Å²) < 4.78 is 33.1.